The largest absolute Gasteiger partial charge is 0.324 e. The fourth-order valence-corrected chi connectivity index (χ4v) is 3.51. The standard InChI is InChI=1S/C24H19N7O2/c1-15-11-18(13-25-29-15)19-9-10-22(32)31(30-19)14-16-5-4-6-17(12-16)23(33)28-24-26-20-7-2-3-8-21(20)27-24/h2-13H,14H2,1H3,(H2,26,27,28,33). The van der Waals surface area contributed by atoms with E-state index in [-0.39, 0.29) is 18.0 Å². The summed E-state index contributed by atoms with van der Waals surface area (Å²) >= 11 is 0. The Morgan fingerprint density at radius 2 is 1.94 bits per heavy atom. The molecule has 0 aliphatic heterocycles. The molecule has 0 saturated carbocycles. The molecule has 0 aliphatic carbocycles. The fourth-order valence-electron chi connectivity index (χ4n) is 3.51. The maximum Gasteiger partial charge on any atom is 0.267 e. The monoisotopic (exact) mass is 437 g/mol. The van der Waals surface area contributed by atoms with Crippen LogP contribution in [-0.4, -0.2) is 35.9 Å². The van der Waals surface area contributed by atoms with Gasteiger partial charge in [-0.3, -0.25) is 14.9 Å². The van der Waals surface area contributed by atoms with Crippen LogP contribution in [0.1, 0.15) is 21.6 Å². The Labute approximate surface area is 188 Å². The predicted molar refractivity (Wildman–Crippen MR) is 124 cm³/mol. The average Bonchev–Trinajstić information content (AvgIpc) is 3.23. The maximum atomic E-state index is 12.8. The molecule has 162 valence electrons. The number of nitrogens with one attached hydrogen (secondary N) is 2. The number of aromatic amines is 1. The summed E-state index contributed by atoms with van der Waals surface area (Å²) in [4.78, 5) is 32.6. The Kier molecular flexibility index (Phi) is 5.19. The number of aryl methyl sites for hydroxylation is 1. The van der Waals surface area contributed by atoms with Gasteiger partial charge in [-0.05, 0) is 48.9 Å². The lowest BCUT2D eigenvalue weighted by Crippen LogP contribution is -2.23. The molecule has 0 bridgehead atoms. The molecule has 0 unspecified atom stereocenters. The van der Waals surface area contributed by atoms with Crippen LogP contribution in [0.25, 0.3) is 22.3 Å². The highest BCUT2D eigenvalue weighted by molar-refractivity contribution is 6.04. The van der Waals surface area contributed by atoms with E-state index in [0.29, 0.717) is 17.2 Å². The van der Waals surface area contributed by atoms with Crippen LogP contribution < -0.4 is 10.9 Å². The molecule has 0 saturated heterocycles. The summed E-state index contributed by atoms with van der Waals surface area (Å²) in [6.45, 7) is 2.06. The topological polar surface area (TPSA) is 118 Å². The molecule has 0 fully saturated rings. The van der Waals surface area contributed by atoms with Crippen molar-refractivity contribution in [3.63, 3.8) is 0 Å². The van der Waals surface area contributed by atoms with Crippen LogP contribution in [0.4, 0.5) is 5.95 Å². The number of fused-ring (bicyclic) bond motifs is 1. The van der Waals surface area contributed by atoms with Gasteiger partial charge in [0.1, 0.15) is 0 Å². The third-order valence-electron chi connectivity index (χ3n) is 5.08. The zero-order valence-corrected chi connectivity index (χ0v) is 17.7. The van der Waals surface area contributed by atoms with Crippen LogP contribution in [0.3, 0.4) is 0 Å². The summed E-state index contributed by atoms with van der Waals surface area (Å²) in [6.07, 6.45) is 1.60. The number of para-hydroxylation sites is 2. The number of amides is 1. The molecule has 5 rings (SSSR count). The molecule has 2 N–H and O–H groups in total. The molecule has 0 atom stereocenters. The first kappa shape index (κ1) is 20.3. The molecule has 3 aromatic heterocycles. The number of benzene rings is 2. The van der Waals surface area contributed by atoms with E-state index in [1.807, 2.05) is 43.3 Å². The van der Waals surface area contributed by atoms with Crippen molar-refractivity contribution in [1.29, 1.82) is 0 Å². The van der Waals surface area contributed by atoms with Crippen molar-refractivity contribution in [2.45, 2.75) is 13.5 Å². The highest BCUT2D eigenvalue weighted by Crippen LogP contribution is 2.16. The molecular weight excluding hydrogens is 418 g/mol. The Balaban J connectivity index is 1.37. The number of imidazole rings is 1. The first-order chi connectivity index (χ1) is 16.0. The number of carbonyl (C=O) groups is 1. The van der Waals surface area contributed by atoms with Gasteiger partial charge in [-0.25, -0.2) is 9.67 Å². The van der Waals surface area contributed by atoms with E-state index in [0.717, 1.165) is 27.9 Å². The Morgan fingerprint density at radius 3 is 2.79 bits per heavy atom. The van der Waals surface area contributed by atoms with Crippen molar-refractivity contribution in [1.82, 2.24) is 29.9 Å². The van der Waals surface area contributed by atoms with Gasteiger partial charge in [0, 0.05) is 17.2 Å². The third kappa shape index (κ3) is 4.38. The van der Waals surface area contributed by atoms with Crippen LogP contribution in [0.15, 0.2) is 77.7 Å². The molecule has 0 aliphatic rings. The number of nitrogens with zero attached hydrogens (tertiary/aromatic N) is 5. The number of rotatable bonds is 5. The normalized spacial score (nSPS) is 10.9. The molecule has 33 heavy (non-hydrogen) atoms. The summed E-state index contributed by atoms with van der Waals surface area (Å²) in [5.74, 6) is 0.0711. The summed E-state index contributed by atoms with van der Waals surface area (Å²) < 4.78 is 1.36. The molecule has 2 aromatic carbocycles. The second-order valence-corrected chi connectivity index (χ2v) is 7.56. The second kappa shape index (κ2) is 8.46. The third-order valence-corrected chi connectivity index (χ3v) is 5.08. The molecule has 0 radical (unpaired) electrons. The van der Waals surface area contributed by atoms with Crippen LogP contribution in [0, 0.1) is 6.92 Å². The lowest BCUT2D eigenvalue weighted by atomic mass is 10.1. The summed E-state index contributed by atoms with van der Waals surface area (Å²) in [5.41, 5.74) is 4.73. The van der Waals surface area contributed by atoms with Gasteiger partial charge in [0.2, 0.25) is 5.95 Å². The summed E-state index contributed by atoms with van der Waals surface area (Å²) in [6, 6.07) is 19.6. The molecule has 1 amide bonds. The van der Waals surface area contributed by atoms with E-state index in [1.165, 1.54) is 10.7 Å². The zero-order valence-electron chi connectivity index (χ0n) is 17.7. The van der Waals surface area contributed by atoms with Crippen molar-refractivity contribution >= 4 is 22.9 Å². The first-order valence-corrected chi connectivity index (χ1v) is 10.3. The van der Waals surface area contributed by atoms with Crippen molar-refractivity contribution in [3.05, 3.63) is 100 Å². The SMILES string of the molecule is Cc1cc(-c2ccc(=O)n(Cc3cccc(C(=O)Nc4nc5ccccc5[nH]4)c3)n2)cnn1. The van der Waals surface area contributed by atoms with E-state index in [4.69, 9.17) is 0 Å². The number of hydrogen-bond acceptors (Lipinski definition) is 6. The lowest BCUT2D eigenvalue weighted by Gasteiger charge is -2.09. The Bertz CT molecular complexity index is 1500. The first-order valence-electron chi connectivity index (χ1n) is 10.3. The van der Waals surface area contributed by atoms with Gasteiger partial charge in [-0.1, -0.05) is 24.3 Å². The Morgan fingerprint density at radius 1 is 1.06 bits per heavy atom. The van der Waals surface area contributed by atoms with E-state index < -0.39 is 0 Å². The minimum Gasteiger partial charge on any atom is -0.324 e. The molecule has 9 heteroatoms. The van der Waals surface area contributed by atoms with Gasteiger partial charge in [-0.2, -0.15) is 15.3 Å². The molecule has 0 spiro atoms. The number of carbonyl (C=O) groups excluding carboxylic acids is 1. The minimum atomic E-state index is -0.303. The van der Waals surface area contributed by atoms with Gasteiger partial charge < -0.3 is 4.98 Å². The van der Waals surface area contributed by atoms with Gasteiger partial charge in [0.15, 0.2) is 0 Å². The molecular formula is C24H19N7O2. The number of aromatic nitrogens is 6. The lowest BCUT2D eigenvalue weighted by molar-refractivity contribution is 0.102. The maximum absolute atomic E-state index is 12.8. The summed E-state index contributed by atoms with van der Waals surface area (Å²) in [5, 5.41) is 15.1. The average molecular weight is 437 g/mol. The quantitative estimate of drug-likeness (QED) is 0.436. The number of hydrogen-bond donors (Lipinski definition) is 2. The predicted octanol–water partition coefficient (Wildman–Crippen LogP) is 3.19. The van der Waals surface area contributed by atoms with Crippen LogP contribution in [0.2, 0.25) is 0 Å². The molecule has 9 nitrogen and oxygen atoms in total. The smallest absolute Gasteiger partial charge is 0.267 e. The molecule has 3 heterocycles. The van der Waals surface area contributed by atoms with Crippen molar-refractivity contribution in [2.75, 3.05) is 5.32 Å². The van der Waals surface area contributed by atoms with Gasteiger partial charge >= 0.3 is 0 Å². The summed E-state index contributed by atoms with van der Waals surface area (Å²) in [7, 11) is 0. The van der Waals surface area contributed by atoms with Gasteiger partial charge in [0.05, 0.1) is 35.2 Å². The van der Waals surface area contributed by atoms with Gasteiger partial charge in [-0.15, -0.1) is 0 Å². The molecule has 5 aromatic rings. The van der Waals surface area contributed by atoms with Gasteiger partial charge in [0.25, 0.3) is 11.5 Å². The van der Waals surface area contributed by atoms with Crippen molar-refractivity contribution in [2.24, 2.45) is 0 Å². The van der Waals surface area contributed by atoms with Crippen molar-refractivity contribution < 1.29 is 4.79 Å². The number of H-pyrrole nitrogens is 1. The van der Waals surface area contributed by atoms with E-state index >= 15 is 0 Å². The highest BCUT2D eigenvalue weighted by atomic mass is 16.2. The Hall–Kier alpha value is -4.66. The second-order valence-electron chi connectivity index (χ2n) is 7.56. The van der Waals surface area contributed by atoms with E-state index in [2.05, 4.69) is 30.6 Å². The van der Waals surface area contributed by atoms with E-state index in [1.54, 1.807) is 30.5 Å². The fraction of sp³-hybridized carbons (Fsp3) is 0.0833. The zero-order chi connectivity index (χ0) is 22.8. The van der Waals surface area contributed by atoms with Crippen LogP contribution in [0.5, 0.6) is 0 Å². The van der Waals surface area contributed by atoms with Crippen LogP contribution in [-0.2, 0) is 6.54 Å². The van der Waals surface area contributed by atoms with E-state index in [9.17, 15) is 9.59 Å². The van der Waals surface area contributed by atoms with Crippen LogP contribution >= 0.6 is 0 Å². The van der Waals surface area contributed by atoms with Crippen molar-refractivity contribution in [3.8, 4) is 11.3 Å². The highest BCUT2D eigenvalue weighted by Gasteiger charge is 2.11. The number of anilines is 1. The minimum absolute atomic E-state index is 0.218.